The lowest BCUT2D eigenvalue weighted by Gasteiger charge is -2.15. The maximum Gasteiger partial charge on any atom is 0.110 e. The maximum absolute atomic E-state index is 4.83. The van der Waals surface area contributed by atoms with Crippen molar-refractivity contribution in [2.45, 2.75) is 52.0 Å². The Morgan fingerprint density at radius 3 is 2.69 bits per heavy atom. The zero-order chi connectivity index (χ0) is 11.5. The van der Waals surface area contributed by atoms with Crippen molar-refractivity contribution >= 4 is 11.3 Å². The predicted molar refractivity (Wildman–Crippen MR) is 70.0 cm³/mol. The topological polar surface area (TPSA) is 24.9 Å². The Morgan fingerprint density at radius 1 is 1.31 bits per heavy atom. The van der Waals surface area contributed by atoms with Gasteiger partial charge in [-0.25, -0.2) is 4.98 Å². The van der Waals surface area contributed by atoms with Crippen molar-refractivity contribution in [3.63, 3.8) is 0 Å². The molecular weight excluding hydrogens is 216 g/mol. The van der Waals surface area contributed by atoms with Crippen LogP contribution in [-0.2, 0) is 12.8 Å². The number of hydrogen-bond acceptors (Lipinski definition) is 3. The van der Waals surface area contributed by atoms with E-state index in [-0.39, 0.29) is 0 Å². The van der Waals surface area contributed by atoms with Crippen LogP contribution in [0.15, 0.2) is 0 Å². The van der Waals surface area contributed by atoms with Gasteiger partial charge in [0, 0.05) is 4.88 Å². The Balaban J connectivity index is 2.15. The number of hydrogen-bond donors (Lipinski definition) is 1. The molecule has 0 aromatic carbocycles. The summed E-state index contributed by atoms with van der Waals surface area (Å²) >= 11 is 1.94. The van der Waals surface area contributed by atoms with Gasteiger partial charge in [0.15, 0.2) is 0 Å². The van der Waals surface area contributed by atoms with Crippen molar-refractivity contribution in [1.29, 1.82) is 0 Å². The van der Waals surface area contributed by atoms with Crippen LogP contribution in [0.4, 0.5) is 0 Å². The zero-order valence-corrected chi connectivity index (χ0v) is 11.4. The Morgan fingerprint density at radius 2 is 2.06 bits per heavy atom. The molecule has 1 atom stereocenters. The highest BCUT2D eigenvalue weighted by molar-refractivity contribution is 7.11. The van der Waals surface area contributed by atoms with Crippen molar-refractivity contribution in [2.24, 2.45) is 5.92 Å². The highest BCUT2D eigenvalue weighted by atomic mass is 32.1. The Bertz CT molecular complexity index is 320. The summed E-state index contributed by atoms with van der Waals surface area (Å²) in [6, 6.07) is 0.454. The molecule has 1 aliphatic rings. The fourth-order valence-corrected chi connectivity index (χ4v) is 3.61. The molecule has 0 amide bonds. The van der Waals surface area contributed by atoms with Gasteiger partial charge in [-0.3, -0.25) is 0 Å². The first kappa shape index (κ1) is 12.1. The van der Waals surface area contributed by atoms with E-state index in [0.29, 0.717) is 6.04 Å². The van der Waals surface area contributed by atoms with Gasteiger partial charge in [0.05, 0.1) is 11.7 Å². The van der Waals surface area contributed by atoms with E-state index in [1.165, 1.54) is 42.8 Å². The van der Waals surface area contributed by atoms with Crippen LogP contribution in [0.5, 0.6) is 0 Å². The van der Waals surface area contributed by atoms with E-state index < -0.39 is 0 Å². The molecule has 2 nitrogen and oxygen atoms in total. The monoisotopic (exact) mass is 238 g/mol. The minimum absolute atomic E-state index is 0.454. The van der Waals surface area contributed by atoms with Gasteiger partial charge in [0.1, 0.15) is 5.01 Å². The number of thiazole rings is 1. The normalized spacial score (nSPS) is 17.5. The number of aryl methyl sites for hydroxylation is 2. The van der Waals surface area contributed by atoms with Gasteiger partial charge in [-0.15, -0.1) is 11.3 Å². The van der Waals surface area contributed by atoms with Crippen LogP contribution in [0.25, 0.3) is 0 Å². The first-order valence-electron chi connectivity index (χ1n) is 6.36. The van der Waals surface area contributed by atoms with Gasteiger partial charge in [-0.05, 0) is 45.1 Å². The molecule has 0 aliphatic heterocycles. The van der Waals surface area contributed by atoms with Gasteiger partial charge in [-0.2, -0.15) is 0 Å². The molecule has 1 aromatic rings. The minimum atomic E-state index is 0.454. The SMILES string of the molecule is CNC(CC(C)C)c1nc2c(s1)CCCC2. The first-order chi connectivity index (χ1) is 7.70. The second-order valence-corrected chi connectivity index (χ2v) is 6.22. The molecule has 2 rings (SSSR count). The first-order valence-corrected chi connectivity index (χ1v) is 7.18. The van der Waals surface area contributed by atoms with Crippen LogP contribution in [0.3, 0.4) is 0 Å². The molecule has 16 heavy (non-hydrogen) atoms. The molecule has 1 aliphatic carbocycles. The van der Waals surface area contributed by atoms with Crippen molar-refractivity contribution in [1.82, 2.24) is 10.3 Å². The number of aromatic nitrogens is 1. The van der Waals surface area contributed by atoms with Gasteiger partial charge in [0.25, 0.3) is 0 Å². The molecule has 3 heteroatoms. The molecule has 0 saturated carbocycles. The molecule has 1 unspecified atom stereocenters. The van der Waals surface area contributed by atoms with E-state index in [9.17, 15) is 0 Å². The number of fused-ring (bicyclic) bond motifs is 1. The molecule has 1 aromatic heterocycles. The fraction of sp³-hybridized carbons (Fsp3) is 0.769. The Kier molecular flexibility index (Phi) is 3.98. The second-order valence-electron chi connectivity index (χ2n) is 5.10. The van der Waals surface area contributed by atoms with Crippen LogP contribution in [0, 0.1) is 5.92 Å². The number of nitrogens with one attached hydrogen (secondary N) is 1. The fourth-order valence-electron chi connectivity index (χ4n) is 2.33. The smallest absolute Gasteiger partial charge is 0.110 e. The van der Waals surface area contributed by atoms with Crippen LogP contribution in [0.1, 0.15) is 54.7 Å². The molecule has 0 bridgehead atoms. The molecule has 0 saturated heterocycles. The van der Waals surface area contributed by atoms with Gasteiger partial charge < -0.3 is 5.32 Å². The maximum atomic E-state index is 4.83. The lowest BCUT2D eigenvalue weighted by Crippen LogP contribution is -2.18. The van der Waals surface area contributed by atoms with E-state index >= 15 is 0 Å². The van der Waals surface area contributed by atoms with E-state index in [2.05, 4.69) is 19.2 Å². The average molecular weight is 238 g/mol. The summed E-state index contributed by atoms with van der Waals surface area (Å²) in [4.78, 5) is 6.38. The van der Waals surface area contributed by atoms with Crippen LogP contribution in [-0.4, -0.2) is 12.0 Å². The summed E-state index contributed by atoms with van der Waals surface area (Å²) in [6.07, 6.45) is 6.31. The average Bonchev–Trinajstić information content (AvgIpc) is 2.68. The van der Waals surface area contributed by atoms with Gasteiger partial charge in [0.2, 0.25) is 0 Å². The summed E-state index contributed by atoms with van der Waals surface area (Å²) in [7, 11) is 2.05. The highest BCUT2D eigenvalue weighted by Crippen LogP contribution is 2.31. The van der Waals surface area contributed by atoms with Gasteiger partial charge >= 0.3 is 0 Å². The van der Waals surface area contributed by atoms with E-state index in [0.717, 1.165) is 5.92 Å². The van der Waals surface area contributed by atoms with Crippen LogP contribution < -0.4 is 5.32 Å². The summed E-state index contributed by atoms with van der Waals surface area (Å²) in [5.41, 5.74) is 1.38. The molecule has 0 radical (unpaired) electrons. The van der Waals surface area contributed by atoms with Crippen LogP contribution in [0.2, 0.25) is 0 Å². The largest absolute Gasteiger partial charge is 0.311 e. The Hall–Kier alpha value is -0.410. The standard InChI is InChI=1S/C13H22N2S/c1-9(2)8-11(14-3)13-15-10-6-4-5-7-12(10)16-13/h9,11,14H,4-8H2,1-3H3. The molecule has 0 fully saturated rings. The van der Waals surface area contributed by atoms with Crippen molar-refractivity contribution in [2.75, 3.05) is 7.05 Å². The summed E-state index contributed by atoms with van der Waals surface area (Å²) < 4.78 is 0. The minimum Gasteiger partial charge on any atom is -0.311 e. The molecule has 1 N–H and O–H groups in total. The third kappa shape index (κ3) is 2.64. The molecular formula is C13H22N2S. The Labute approximate surface area is 102 Å². The third-order valence-corrected chi connectivity index (χ3v) is 4.49. The number of rotatable bonds is 4. The van der Waals surface area contributed by atoms with Crippen molar-refractivity contribution in [3.8, 4) is 0 Å². The highest BCUT2D eigenvalue weighted by Gasteiger charge is 2.20. The summed E-state index contributed by atoms with van der Waals surface area (Å²) in [6.45, 7) is 4.55. The predicted octanol–water partition coefficient (Wildman–Crippen LogP) is 3.33. The van der Waals surface area contributed by atoms with Crippen LogP contribution >= 0.6 is 11.3 Å². The van der Waals surface area contributed by atoms with Crippen molar-refractivity contribution < 1.29 is 0 Å². The van der Waals surface area contributed by atoms with E-state index in [1.54, 1.807) is 4.88 Å². The van der Waals surface area contributed by atoms with E-state index in [4.69, 9.17) is 4.98 Å². The quantitative estimate of drug-likeness (QED) is 0.870. The molecule has 90 valence electrons. The molecule has 1 heterocycles. The van der Waals surface area contributed by atoms with Gasteiger partial charge in [-0.1, -0.05) is 13.8 Å². The second kappa shape index (κ2) is 5.28. The summed E-state index contributed by atoms with van der Waals surface area (Å²) in [5, 5.41) is 4.72. The lowest BCUT2D eigenvalue weighted by molar-refractivity contribution is 0.454. The molecule has 0 spiro atoms. The third-order valence-electron chi connectivity index (χ3n) is 3.22. The zero-order valence-electron chi connectivity index (χ0n) is 10.5. The van der Waals surface area contributed by atoms with E-state index in [1.807, 2.05) is 18.4 Å². The van der Waals surface area contributed by atoms with Crippen molar-refractivity contribution in [3.05, 3.63) is 15.6 Å². The lowest BCUT2D eigenvalue weighted by atomic mass is 10.0. The number of nitrogens with zero attached hydrogens (tertiary/aromatic N) is 1. The summed E-state index contributed by atoms with van der Waals surface area (Å²) in [5.74, 6) is 0.721.